The summed E-state index contributed by atoms with van der Waals surface area (Å²) < 4.78 is 18.7. The molecule has 1 saturated heterocycles. The lowest BCUT2D eigenvalue weighted by molar-refractivity contribution is 0.233. The molecule has 0 bridgehead atoms. The van der Waals surface area contributed by atoms with Crippen LogP contribution in [0.15, 0.2) is 18.2 Å². The Morgan fingerprint density at radius 3 is 2.62 bits per heavy atom. The zero-order valence-electron chi connectivity index (χ0n) is 13.4. The maximum absolute atomic E-state index is 13.8. The third kappa shape index (κ3) is 3.55. The predicted molar refractivity (Wildman–Crippen MR) is 84.0 cm³/mol. The van der Waals surface area contributed by atoms with Crippen LogP contribution in [0.2, 0.25) is 0 Å². The van der Waals surface area contributed by atoms with Crippen molar-refractivity contribution in [1.29, 1.82) is 0 Å². The fourth-order valence-electron chi connectivity index (χ4n) is 3.31. The van der Waals surface area contributed by atoms with Gasteiger partial charge in [-0.1, -0.05) is 19.9 Å². The SMILES string of the molecule is CCC1(CC)CCN(CC(N)c2ccc(OC)c(F)c2)C1. The van der Waals surface area contributed by atoms with Crippen molar-refractivity contribution in [2.24, 2.45) is 11.1 Å². The minimum Gasteiger partial charge on any atom is -0.494 e. The van der Waals surface area contributed by atoms with Crippen LogP contribution >= 0.6 is 0 Å². The van der Waals surface area contributed by atoms with Crippen molar-refractivity contribution in [3.8, 4) is 5.75 Å². The molecule has 1 unspecified atom stereocenters. The molecule has 4 heteroatoms. The van der Waals surface area contributed by atoms with Crippen molar-refractivity contribution in [2.45, 2.75) is 39.2 Å². The summed E-state index contributed by atoms with van der Waals surface area (Å²) in [5.41, 5.74) is 7.54. The Hall–Kier alpha value is -1.13. The molecular weight excluding hydrogens is 267 g/mol. The summed E-state index contributed by atoms with van der Waals surface area (Å²) in [4.78, 5) is 2.42. The Morgan fingerprint density at radius 1 is 1.38 bits per heavy atom. The number of halogens is 1. The van der Waals surface area contributed by atoms with Gasteiger partial charge in [-0.3, -0.25) is 0 Å². The van der Waals surface area contributed by atoms with Crippen molar-refractivity contribution >= 4 is 0 Å². The molecule has 1 aliphatic heterocycles. The van der Waals surface area contributed by atoms with Crippen LogP contribution in [0.3, 0.4) is 0 Å². The molecule has 0 spiro atoms. The summed E-state index contributed by atoms with van der Waals surface area (Å²) in [5, 5.41) is 0. The summed E-state index contributed by atoms with van der Waals surface area (Å²) in [6.45, 7) is 7.52. The van der Waals surface area contributed by atoms with Crippen LogP contribution in [0.5, 0.6) is 5.75 Å². The highest BCUT2D eigenvalue weighted by molar-refractivity contribution is 5.31. The van der Waals surface area contributed by atoms with Crippen LogP contribution in [0, 0.1) is 11.2 Å². The van der Waals surface area contributed by atoms with Crippen LogP contribution in [0.1, 0.15) is 44.7 Å². The summed E-state index contributed by atoms with van der Waals surface area (Å²) in [6, 6.07) is 4.84. The smallest absolute Gasteiger partial charge is 0.165 e. The molecule has 3 nitrogen and oxygen atoms in total. The second-order valence-electron chi connectivity index (χ2n) is 6.19. The highest BCUT2D eigenvalue weighted by atomic mass is 19.1. The van der Waals surface area contributed by atoms with Gasteiger partial charge >= 0.3 is 0 Å². The quantitative estimate of drug-likeness (QED) is 0.874. The first-order valence-electron chi connectivity index (χ1n) is 7.85. The van der Waals surface area contributed by atoms with Crippen LogP contribution in [-0.2, 0) is 0 Å². The summed E-state index contributed by atoms with van der Waals surface area (Å²) in [7, 11) is 1.47. The molecule has 2 rings (SSSR count). The maximum Gasteiger partial charge on any atom is 0.165 e. The highest BCUT2D eigenvalue weighted by Gasteiger charge is 2.35. The van der Waals surface area contributed by atoms with E-state index in [1.807, 2.05) is 6.07 Å². The third-order valence-corrected chi connectivity index (χ3v) is 5.08. The Labute approximate surface area is 127 Å². The molecule has 1 fully saturated rings. The van der Waals surface area contributed by atoms with Gasteiger partial charge in [0.15, 0.2) is 11.6 Å². The largest absolute Gasteiger partial charge is 0.494 e. The minimum absolute atomic E-state index is 0.157. The van der Waals surface area contributed by atoms with Gasteiger partial charge in [-0.25, -0.2) is 4.39 Å². The van der Waals surface area contributed by atoms with E-state index < -0.39 is 0 Å². The number of likely N-dealkylation sites (tertiary alicyclic amines) is 1. The van der Waals surface area contributed by atoms with E-state index in [1.165, 1.54) is 32.4 Å². The monoisotopic (exact) mass is 294 g/mol. The molecular formula is C17H27FN2O. The molecule has 0 amide bonds. The van der Waals surface area contributed by atoms with Crippen molar-refractivity contribution in [1.82, 2.24) is 4.90 Å². The number of benzene rings is 1. The van der Waals surface area contributed by atoms with Gasteiger partial charge in [-0.15, -0.1) is 0 Å². The Balaban J connectivity index is 1.99. The highest BCUT2D eigenvalue weighted by Crippen LogP contribution is 2.37. The molecule has 1 aromatic rings. The number of methoxy groups -OCH3 is 1. The van der Waals surface area contributed by atoms with Gasteiger partial charge < -0.3 is 15.4 Å². The van der Waals surface area contributed by atoms with E-state index in [0.717, 1.165) is 25.2 Å². The predicted octanol–water partition coefficient (Wildman–Crippen LogP) is 3.35. The Kier molecular flexibility index (Phi) is 5.22. The molecule has 21 heavy (non-hydrogen) atoms. The van der Waals surface area contributed by atoms with Crippen molar-refractivity contribution in [2.75, 3.05) is 26.7 Å². The van der Waals surface area contributed by atoms with Crippen LogP contribution in [0.4, 0.5) is 4.39 Å². The number of ether oxygens (including phenoxy) is 1. The second kappa shape index (κ2) is 6.75. The lowest BCUT2D eigenvalue weighted by atomic mass is 9.82. The Morgan fingerprint density at radius 2 is 2.10 bits per heavy atom. The average molecular weight is 294 g/mol. The Bertz CT molecular complexity index is 474. The normalized spacial score (nSPS) is 19.7. The van der Waals surface area contributed by atoms with Crippen molar-refractivity contribution < 1.29 is 9.13 Å². The van der Waals surface area contributed by atoms with E-state index in [-0.39, 0.29) is 17.6 Å². The topological polar surface area (TPSA) is 38.5 Å². The van der Waals surface area contributed by atoms with Gasteiger partial charge in [-0.05, 0) is 48.9 Å². The summed E-state index contributed by atoms with van der Waals surface area (Å²) in [6.07, 6.45) is 3.67. The molecule has 0 radical (unpaired) electrons. The summed E-state index contributed by atoms with van der Waals surface area (Å²) in [5.74, 6) is -0.0774. The van der Waals surface area contributed by atoms with Gasteiger partial charge in [0.2, 0.25) is 0 Å². The fraction of sp³-hybridized carbons (Fsp3) is 0.647. The molecule has 0 saturated carbocycles. The standard InChI is InChI=1S/C17H27FN2O/c1-4-17(5-2)8-9-20(12-17)11-15(19)13-6-7-16(21-3)14(18)10-13/h6-7,10,15H,4-5,8-9,11-12,19H2,1-3H3. The number of hydrogen-bond acceptors (Lipinski definition) is 3. The van der Waals surface area contributed by atoms with E-state index in [2.05, 4.69) is 18.7 Å². The number of rotatable bonds is 6. The van der Waals surface area contributed by atoms with Gasteiger partial charge in [0, 0.05) is 19.1 Å². The average Bonchev–Trinajstić information content (AvgIpc) is 2.91. The first-order chi connectivity index (χ1) is 10.0. The molecule has 2 N–H and O–H groups in total. The first kappa shape index (κ1) is 16.2. The van der Waals surface area contributed by atoms with Gasteiger partial charge in [-0.2, -0.15) is 0 Å². The number of hydrogen-bond donors (Lipinski definition) is 1. The molecule has 1 atom stereocenters. The lowest BCUT2D eigenvalue weighted by Crippen LogP contribution is -2.32. The van der Waals surface area contributed by atoms with Crippen molar-refractivity contribution in [3.05, 3.63) is 29.6 Å². The fourth-order valence-corrected chi connectivity index (χ4v) is 3.31. The lowest BCUT2D eigenvalue weighted by Gasteiger charge is -2.27. The molecule has 0 aromatic heterocycles. The molecule has 1 aromatic carbocycles. The van der Waals surface area contributed by atoms with Gasteiger partial charge in [0.25, 0.3) is 0 Å². The zero-order chi connectivity index (χ0) is 15.5. The molecule has 1 aliphatic rings. The second-order valence-corrected chi connectivity index (χ2v) is 6.19. The number of nitrogens with two attached hydrogens (primary N) is 1. The maximum atomic E-state index is 13.8. The van der Waals surface area contributed by atoms with E-state index in [4.69, 9.17) is 10.5 Å². The van der Waals surface area contributed by atoms with Crippen LogP contribution < -0.4 is 10.5 Å². The molecule has 118 valence electrons. The third-order valence-electron chi connectivity index (χ3n) is 5.08. The van der Waals surface area contributed by atoms with Gasteiger partial charge in [0.05, 0.1) is 7.11 Å². The summed E-state index contributed by atoms with van der Waals surface area (Å²) >= 11 is 0. The van der Waals surface area contributed by atoms with Crippen LogP contribution in [0.25, 0.3) is 0 Å². The van der Waals surface area contributed by atoms with Crippen LogP contribution in [-0.4, -0.2) is 31.6 Å². The minimum atomic E-state index is -0.344. The first-order valence-corrected chi connectivity index (χ1v) is 7.85. The van der Waals surface area contributed by atoms with E-state index in [0.29, 0.717) is 5.41 Å². The number of nitrogens with zero attached hydrogens (tertiary/aromatic N) is 1. The van der Waals surface area contributed by atoms with E-state index >= 15 is 0 Å². The van der Waals surface area contributed by atoms with E-state index in [9.17, 15) is 4.39 Å². The molecule has 1 heterocycles. The van der Waals surface area contributed by atoms with E-state index in [1.54, 1.807) is 6.07 Å². The van der Waals surface area contributed by atoms with Crippen molar-refractivity contribution in [3.63, 3.8) is 0 Å². The molecule has 0 aliphatic carbocycles. The van der Waals surface area contributed by atoms with Gasteiger partial charge in [0.1, 0.15) is 0 Å². The zero-order valence-corrected chi connectivity index (χ0v) is 13.4.